The van der Waals surface area contributed by atoms with E-state index in [4.69, 9.17) is 10.6 Å². The van der Waals surface area contributed by atoms with Crippen LogP contribution in [0.5, 0.6) is 0 Å². The van der Waals surface area contributed by atoms with Crippen molar-refractivity contribution in [2.75, 3.05) is 6.61 Å². The molecule has 0 aliphatic heterocycles. The molecular formula is C10H13N3O. The Kier molecular flexibility index (Phi) is 3.51. The Morgan fingerprint density at radius 2 is 2.07 bits per heavy atom. The fourth-order valence-corrected chi connectivity index (χ4v) is 1.37. The second-order valence-electron chi connectivity index (χ2n) is 3.30. The van der Waals surface area contributed by atoms with E-state index in [0.29, 0.717) is 6.42 Å². The van der Waals surface area contributed by atoms with E-state index in [2.05, 4.69) is 10.0 Å². The summed E-state index contributed by atoms with van der Waals surface area (Å²) in [5.74, 6) is 0. The van der Waals surface area contributed by atoms with Crippen molar-refractivity contribution in [1.29, 1.82) is 0 Å². The summed E-state index contributed by atoms with van der Waals surface area (Å²) in [5.41, 5.74) is 8.74. The lowest BCUT2D eigenvalue weighted by atomic mass is 9.90. The molecule has 0 amide bonds. The lowest BCUT2D eigenvalue weighted by Crippen LogP contribution is -2.19. The lowest BCUT2D eigenvalue weighted by Gasteiger charge is -2.23. The third-order valence-corrected chi connectivity index (χ3v) is 2.26. The number of azide groups is 1. The van der Waals surface area contributed by atoms with Gasteiger partial charge >= 0.3 is 0 Å². The molecule has 4 nitrogen and oxygen atoms in total. The van der Waals surface area contributed by atoms with Crippen molar-refractivity contribution in [3.8, 4) is 0 Å². The van der Waals surface area contributed by atoms with Gasteiger partial charge in [0.1, 0.15) is 0 Å². The molecule has 0 aromatic heterocycles. The average Bonchev–Trinajstić information content (AvgIpc) is 2.20. The third-order valence-electron chi connectivity index (χ3n) is 2.26. The summed E-state index contributed by atoms with van der Waals surface area (Å²) >= 11 is 0. The number of aliphatic hydroxyl groups excluding tert-OH is 1. The van der Waals surface area contributed by atoms with Crippen LogP contribution in [0.2, 0.25) is 0 Å². The number of hydrogen-bond acceptors (Lipinski definition) is 2. The number of aliphatic hydroxyl groups is 1. The fraction of sp³-hybridized carbons (Fsp3) is 0.400. The Morgan fingerprint density at radius 3 is 2.57 bits per heavy atom. The molecule has 1 unspecified atom stereocenters. The van der Waals surface area contributed by atoms with E-state index in [-0.39, 0.29) is 6.61 Å². The summed E-state index contributed by atoms with van der Waals surface area (Å²) in [6.07, 6.45) is 0.432. The maximum absolute atomic E-state index is 8.91. The summed E-state index contributed by atoms with van der Waals surface area (Å²) in [4.78, 5) is 2.82. The molecule has 0 saturated carbocycles. The van der Waals surface area contributed by atoms with E-state index in [0.717, 1.165) is 5.56 Å². The van der Waals surface area contributed by atoms with Crippen molar-refractivity contribution in [2.45, 2.75) is 18.9 Å². The topological polar surface area (TPSA) is 69.0 Å². The highest BCUT2D eigenvalue weighted by Gasteiger charge is 2.23. The molecule has 0 aliphatic rings. The molecule has 74 valence electrons. The van der Waals surface area contributed by atoms with Gasteiger partial charge in [0.05, 0.1) is 5.54 Å². The second kappa shape index (κ2) is 4.65. The van der Waals surface area contributed by atoms with Crippen LogP contribution in [0.15, 0.2) is 35.4 Å². The van der Waals surface area contributed by atoms with E-state index in [1.165, 1.54) is 0 Å². The number of benzene rings is 1. The zero-order chi connectivity index (χ0) is 10.4. The van der Waals surface area contributed by atoms with Crippen LogP contribution in [0.25, 0.3) is 10.4 Å². The van der Waals surface area contributed by atoms with Crippen molar-refractivity contribution in [2.24, 2.45) is 5.11 Å². The Labute approximate surface area is 82.8 Å². The van der Waals surface area contributed by atoms with Gasteiger partial charge in [-0.15, -0.1) is 0 Å². The third kappa shape index (κ3) is 2.25. The molecule has 0 saturated heterocycles. The van der Waals surface area contributed by atoms with Gasteiger partial charge in [-0.05, 0) is 24.4 Å². The SMILES string of the molecule is CC(CCO)(N=[N+]=[N-])c1ccccc1. The molecule has 1 rings (SSSR count). The predicted molar refractivity (Wildman–Crippen MR) is 54.6 cm³/mol. The number of nitrogens with zero attached hydrogens (tertiary/aromatic N) is 3. The summed E-state index contributed by atoms with van der Waals surface area (Å²) in [6, 6.07) is 9.46. The van der Waals surface area contributed by atoms with Gasteiger partial charge < -0.3 is 5.11 Å². The minimum atomic E-state index is -0.648. The normalized spacial score (nSPS) is 14.1. The van der Waals surface area contributed by atoms with Gasteiger partial charge in [-0.2, -0.15) is 0 Å². The standard InChI is InChI=1S/C10H13N3O/c1-10(7-8-14,12-13-11)9-5-3-2-4-6-9/h2-6,14H,7-8H2,1H3. The smallest absolute Gasteiger partial charge is 0.0731 e. The van der Waals surface area contributed by atoms with Crippen LogP contribution in [0.4, 0.5) is 0 Å². The zero-order valence-corrected chi connectivity index (χ0v) is 8.09. The average molecular weight is 191 g/mol. The molecule has 0 spiro atoms. The maximum atomic E-state index is 8.91. The molecule has 1 aromatic carbocycles. The van der Waals surface area contributed by atoms with Gasteiger partial charge in [0.15, 0.2) is 0 Å². The van der Waals surface area contributed by atoms with Gasteiger partial charge in [0.2, 0.25) is 0 Å². The van der Waals surface area contributed by atoms with Crippen molar-refractivity contribution < 1.29 is 5.11 Å². The van der Waals surface area contributed by atoms with Gasteiger partial charge in [-0.1, -0.05) is 35.4 Å². The highest BCUT2D eigenvalue weighted by molar-refractivity contribution is 5.23. The van der Waals surface area contributed by atoms with Crippen LogP contribution in [-0.4, -0.2) is 11.7 Å². The van der Waals surface area contributed by atoms with Gasteiger partial charge in [0.25, 0.3) is 0 Å². The van der Waals surface area contributed by atoms with Crippen LogP contribution in [0.1, 0.15) is 18.9 Å². The molecule has 0 fully saturated rings. The second-order valence-corrected chi connectivity index (χ2v) is 3.30. The molecule has 1 atom stereocenters. The fourth-order valence-electron chi connectivity index (χ4n) is 1.37. The van der Waals surface area contributed by atoms with Crippen LogP contribution >= 0.6 is 0 Å². The van der Waals surface area contributed by atoms with Gasteiger partial charge in [-0.3, -0.25) is 0 Å². The molecule has 1 aromatic rings. The molecule has 14 heavy (non-hydrogen) atoms. The first-order valence-electron chi connectivity index (χ1n) is 4.45. The monoisotopic (exact) mass is 191 g/mol. The van der Waals surface area contributed by atoms with Gasteiger partial charge in [-0.25, -0.2) is 0 Å². The Morgan fingerprint density at radius 1 is 1.43 bits per heavy atom. The Bertz CT molecular complexity index is 332. The zero-order valence-electron chi connectivity index (χ0n) is 8.09. The first-order valence-corrected chi connectivity index (χ1v) is 4.45. The van der Waals surface area contributed by atoms with Crippen molar-refractivity contribution in [1.82, 2.24) is 0 Å². The Hall–Kier alpha value is -1.51. The van der Waals surface area contributed by atoms with Gasteiger partial charge in [0, 0.05) is 11.5 Å². The van der Waals surface area contributed by atoms with E-state index >= 15 is 0 Å². The van der Waals surface area contributed by atoms with Crippen LogP contribution in [0.3, 0.4) is 0 Å². The maximum Gasteiger partial charge on any atom is 0.0731 e. The van der Waals surface area contributed by atoms with Crippen molar-refractivity contribution in [3.05, 3.63) is 46.3 Å². The summed E-state index contributed by atoms with van der Waals surface area (Å²) in [7, 11) is 0. The summed E-state index contributed by atoms with van der Waals surface area (Å²) < 4.78 is 0. The van der Waals surface area contributed by atoms with Crippen LogP contribution in [-0.2, 0) is 5.54 Å². The molecular weight excluding hydrogens is 178 g/mol. The highest BCUT2D eigenvalue weighted by atomic mass is 16.3. The molecule has 0 bridgehead atoms. The van der Waals surface area contributed by atoms with E-state index in [1.807, 2.05) is 37.3 Å². The number of rotatable bonds is 4. The number of hydrogen-bond donors (Lipinski definition) is 1. The first-order chi connectivity index (χ1) is 6.73. The van der Waals surface area contributed by atoms with E-state index in [1.54, 1.807) is 0 Å². The minimum Gasteiger partial charge on any atom is -0.396 e. The molecule has 1 N–H and O–H groups in total. The molecule has 0 radical (unpaired) electrons. The minimum absolute atomic E-state index is 0.00438. The molecule has 0 aliphatic carbocycles. The van der Waals surface area contributed by atoms with Crippen LogP contribution < -0.4 is 0 Å². The summed E-state index contributed by atoms with van der Waals surface area (Å²) in [5, 5.41) is 12.6. The van der Waals surface area contributed by atoms with E-state index in [9.17, 15) is 0 Å². The highest BCUT2D eigenvalue weighted by Crippen LogP contribution is 2.28. The molecule has 4 heteroatoms. The molecule has 0 heterocycles. The quantitative estimate of drug-likeness (QED) is 0.443. The first kappa shape index (κ1) is 10.6. The van der Waals surface area contributed by atoms with Crippen molar-refractivity contribution >= 4 is 0 Å². The van der Waals surface area contributed by atoms with Crippen molar-refractivity contribution in [3.63, 3.8) is 0 Å². The lowest BCUT2D eigenvalue weighted by molar-refractivity contribution is 0.247. The Balaban J connectivity index is 3.05. The van der Waals surface area contributed by atoms with Crippen LogP contribution in [0, 0.1) is 0 Å². The van der Waals surface area contributed by atoms with E-state index < -0.39 is 5.54 Å². The predicted octanol–water partition coefficient (Wildman–Crippen LogP) is 2.59. The summed E-state index contributed by atoms with van der Waals surface area (Å²) in [6.45, 7) is 1.82. The largest absolute Gasteiger partial charge is 0.396 e.